The highest BCUT2D eigenvalue weighted by Crippen LogP contribution is 2.59. The topological polar surface area (TPSA) is 74.6 Å². The number of carbonyl (C=O) groups is 2. The van der Waals surface area contributed by atoms with Gasteiger partial charge in [-0.1, -0.05) is 13.8 Å². The van der Waals surface area contributed by atoms with Crippen LogP contribution in [0.25, 0.3) is 0 Å². The van der Waals surface area contributed by atoms with Gasteiger partial charge in [-0.05, 0) is 12.3 Å². The molecule has 0 heterocycles. The fraction of sp³-hybridized carbons (Fsp3) is 0.778. The summed E-state index contributed by atoms with van der Waals surface area (Å²) in [6.07, 6.45) is -1.13. The van der Waals surface area contributed by atoms with Crippen molar-refractivity contribution in [3.05, 3.63) is 0 Å². The van der Waals surface area contributed by atoms with Gasteiger partial charge in [-0.3, -0.25) is 9.59 Å². The van der Waals surface area contributed by atoms with E-state index in [0.717, 1.165) is 0 Å². The summed E-state index contributed by atoms with van der Waals surface area (Å²) in [7, 11) is 0. The van der Waals surface area contributed by atoms with Crippen molar-refractivity contribution in [1.29, 1.82) is 0 Å². The maximum Gasteiger partial charge on any atom is 0.307 e. The highest BCUT2D eigenvalue weighted by Gasteiger charge is 2.65. The van der Waals surface area contributed by atoms with Gasteiger partial charge < -0.3 is 10.2 Å². The van der Waals surface area contributed by atoms with E-state index in [-0.39, 0.29) is 5.78 Å². The van der Waals surface area contributed by atoms with E-state index in [1.807, 2.05) is 0 Å². The van der Waals surface area contributed by atoms with Crippen LogP contribution in [0.4, 0.5) is 0 Å². The number of aliphatic hydroxyl groups is 1. The molecule has 0 spiro atoms. The fourth-order valence-electron chi connectivity index (χ4n) is 1.99. The second-order valence-corrected chi connectivity index (χ2v) is 4.22. The lowest BCUT2D eigenvalue weighted by Crippen LogP contribution is -2.22. The first-order chi connectivity index (χ1) is 5.80. The van der Waals surface area contributed by atoms with Crippen molar-refractivity contribution in [1.82, 2.24) is 0 Å². The molecule has 0 bridgehead atoms. The Morgan fingerprint density at radius 1 is 1.38 bits per heavy atom. The maximum atomic E-state index is 10.8. The van der Waals surface area contributed by atoms with E-state index in [0.29, 0.717) is 0 Å². The average Bonchev–Trinajstić information content (AvgIpc) is 2.51. The zero-order valence-electron chi connectivity index (χ0n) is 7.94. The third kappa shape index (κ3) is 1.46. The number of carboxylic acid groups (broad SMARTS) is 1. The Morgan fingerprint density at radius 3 is 2.08 bits per heavy atom. The lowest BCUT2D eigenvalue weighted by molar-refractivity contribution is -0.140. The van der Waals surface area contributed by atoms with Crippen molar-refractivity contribution in [2.75, 3.05) is 0 Å². The summed E-state index contributed by atoms with van der Waals surface area (Å²) in [5.41, 5.74) is -0.461. The van der Waals surface area contributed by atoms with Crippen molar-refractivity contribution in [3.63, 3.8) is 0 Å². The molecule has 1 rings (SSSR count). The van der Waals surface area contributed by atoms with Crippen LogP contribution in [0.1, 0.15) is 20.8 Å². The molecule has 0 amide bonds. The average molecular weight is 186 g/mol. The molecule has 3 unspecified atom stereocenters. The van der Waals surface area contributed by atoms with Crippen LogP contribution >= 0.6 is 0 Å². The number of Topliss-reactive ketones (excluding diaryl/α,β-unsaturated/α-hetero) is 1. The molecular formula is C9H14O4. The Balaban J connectivity index is 2.76. The molecule has 1 aliphatic rings. The first-order valence-corrected chi connectivity index (χ1v) is 4.21. The number of carbonyl (C=O) groups excluding carboxylic acids is 1. The third-order valence-corrected chi connectivity index (χ3v) is 2.93. The Hall–Kier alpha value is -0.900. The van der Waals surface area contributed by atoms with E-state index in [2.05, 4.69) is 0 Å². The SMILES string of the molecule is CC(=O)C(O)C1C(C(=O)O)C1(C)C. The summed E-state index contributed by atoms with van der Waals surface area (Å²) in [6.45, 7) is 4.78. The van der Waals surface area contributed by atoms with Crippen LogP contribution in [-0.4, -0.2) is 28.1 Å². The van der Waals surface area contributed by atoms with Crippen LogP contribution in [0.15, 0.2) is 0 Å². The number of aliphatic carboxylic acids is 1. The van der Waals surface area contributed by atoms with Crippen LogP contribution in [0.3, 0.4) is 0 Å². The van der Waals surface area contributed by atoms with Crippen LogP contribution in [0.5, 0.6) is 0 Å². The van der Waals surface area contributed by atoms with Crippen LogP contribution in [-0.2, 0) is 9.59 Å². The molecule has 0 radical (unpaired) electrons. The molecule has 0 aliphatic heterocycles. The number of rotatable bonds is 3. The van der Waals surface area contributed by atoms with Gasteiger partial charge in [-0.15, -0.1) is 0 Å². The zero-order chi connectivity index (χ0) is 10.4. The van der Waals surface area contributed by atoms with Gasteiger partial charge in [-0.25, -0.2) is 0 Å². The predicted octanol–water partition coefficient (Wildman–Crippen LogP) is 0.293. The second kappa shape index (κ2) is 2.80. The van der Waals surface area contributed by atoms with Gasteiger partial charge in [0.15, 0.2) is 5.78 Å². The normalized spacial score (nSPS) is 32.3. The van der Waals surface area contributed by atoms with Crippen LogP contribution in [0, 0.1) is 17.3 Å². The lowest BCUT2D eigenvalue weighted by atomic mass is 10.0. The second-order valence-electron chi connectivity index (χ2n) is 4.22. The summed E-state index contributed by atoms with van der Waals surface area (Å²) in [5.74, 6) is -2.31. The smallest absolute Gasteiger partial charge is 0.307 e. The summed E-state index contributed by atoms with van der Waals surface area (Å²) >= 11 is 0. The largest absolute Gasteiger partial charge is 0.481 e. The first kappa shape index (κ1) is 10.2. The Labute approximate surface area is 76.6 Å². The van der Waals surface area contributed by atoms with Crippen molar-refractivity contribution in [3.8, 4) is 0 Å². The van der Waals surface area contributed by atoms with Crippen molar-refractivity contribution in [2.24, 2.45) is 17.3 Å². The van der Waals surface area contributed by atoms with Gasteiger partial charge in [-0.2, -0.15) is 0 Å². The molecule has 2 N–H and O–H groups in total. The highest BCUT2D eigenvalue weighted by molar-refractivity contribution is 5.84. The number of hydrogen-bond acceptors (Lipinski definition) is 3. The minimum atomic E-state index is -1.13. The Bertz CT molecular complexity index is 256. The Kier molecular flexibility index (Phi) is 2.20. The number of hydrogen-bond donors (Lipinski definition) is 2. The summed E-state index contributed by atoms with van der Waals surface area (Å²) in [6, 6.07) is 0. The molecule has 4 nitrogen and oxygen atoms in total. The fourth-order valence-corrected chi connectivity index (χ4v) is 1.99. The quantitative estimate of drug-likeness (QED) is 0.664. The summed E-state index contributed by atoms with van der Waals surface area (Å²) in [4.78, 5) is 21.5. The van der Waals surface area contributed by atoms with E-state index in [1.54, 1.807) is 13.8 Å². The molecule has 1 fully saturated rings. The Morgan fingerprint density at radius 2 is 1.85 bits per heavy atom. The zero-order valence-corrected chi connectivity index (χ0v) is 7.94. The predicted molar refractivity (Wildman–Crippen MR) is 45.1 cm³/mol. The van der Waals surface area contributed by atoms with E-state index in [9.17, 15) is 14.7 Å². The lowest BCUT2D eigenvalue weighted by Gasteiger charge is -2.06. The van der Waals surface area contributed by atoms with E-state index in [4.69, 9.17) is 5.11 Å². The standard InChI is InChI=1S/C9H14O4/c1-4(10)7(11)5-6(8(12)13)9(5,2)3/h5-7,11H,1-3H3,(H,12,13). The molecule has 13 heavy (non-hydrogen) atoms. The minimum absolute atomic E-state index is 0.359. The van der Waals surface area contributed by atoms with Gasteiger partial charge in [0, 0.05) is 5.92 Å². The third-order valence-electron chi connectivity index (χ3n) is 2.93. The van der Waals surface area contributed by atoms with Gasteiger partial charge in [0.2, 0.25) is 0 Å². The molecule has 0 aromatic heterocycles. The van der Waals surface area contributed by atoms with E-state index >= 15 is 0 Å². The summed E-state index contributed by atoms with van der Waals surface area (Å²) in [5, 5.41) is 18.2. The van der Waals surface area contributed by atoms with Crippen molar-refractivity contribution >= 4 is 11.8 Å². The monoisotopic (exact) mass is 186 g/mol. The first-order valence-electron chi connectivity index (χ1n) is 4.21. The number of ketones is 1. The van der Waals surface area contributed by atoms with Gasteiger partial charge in [0.25, 0.3) is 0 Å². The minimum Gasteiger partial charge on any atom is -0.481 e. The van der Waals surface area contributed by atoms with Gasteiger partial charge >= 0.3 is 5.97 Å². The van der Waals surface area contributed by atoms with Gasteiger partial charge in [0.05, 0.1) is 5.92 Å². The maximum absolute atomic E-state index is 10.8. The van der Waals surface area contributed by atoms with E-state index < -0.39 is 29.3 Å². The molecule has 4 heteroatoms. The molecule has 0 aromatic carbocycles. The van der Waals surface area contributed by atoms with Crippen molar-refractivity contribution < 1.29 is 19.8 Å². The number of aliphatic hydroxyl groups excluding tert-OH is 1. The molecule has 74 valence electrons. The molecule has 1 saturated carbocycles. The molecule has 3 atom stereocenters. The number of carboxylic acids is 1. The van der Waals surface area contributed by atoms with E-state index in [1.165, 1.54) is 6.92 Å². The molecule has 0 saturated heterocycles. The highest BCUT2D eigenvalue weighted by atomic mass is 16.4. The van der Waals surface area contributed by atoms with Gasteiger partial charge in [0.1, 0.15) is 6.10 Å². The van der Waals surface area contributed by atoms with Crippen molar-refractivity contribution in [2.45, 2.75) is 26.9 Å². The molecule has 0 aromatic rings. The van der Waals surface area contributed by atoms with Crippen LogP contribution in [0.2, 0.25) is 0 Å². The molecular weight excluding hydrogens is 172 g/mol. The van der Waals surface area contributed by atoms with Crippen LogP contribution < -0.4 is 0 Å². The molecule has 1 aliphatic carbocycles. The summed E-state index contributed by atoms with van der Waals surface area (Å²) < 4.78 is 0.